The van der Waals surface area contributed by atoms with Crippen LogP contribution in [0.1, 0.15) is 5.56 Å². The number of benzene rings is 1. The normalized spacial score (nSPS) is 10.2. The van der Waals surface area contributed by atoms with E-state index in [0.29, 0.717) is 6.54 Å². The summed E-state index contributed by atoms with van der Waals surface area (Å²) in [5.41, 5.74) is 7.33. The van der Waals surface area contributed by atoms with Crippen LogP contribution in [-0.4, -0.2) is 7.11 Å². The SMILES string of the molecule is COc1ccccc1CN=NN=N. The van der Waals surface area contributed by atoms with Gasteiger partial charge in [-0.3, -0.25) is 0 Å². The van der Waals surface area contributed by atoms with Gasteiger partial charge in [-0.25, -0.2) is 0 Å². The highest BCUT2D eigenvalue weighted by atomic mass is 16.5. The molecule has 0 aliphatic heterocycles. The van der Waals surface area contributed by atoms with E-state index in [1.54, 1.807) is 7.11 Å². The summed E-state index contributed by atoms with van der Waals surface area (Å²) < 4.78 is 5.10. The van der Waals surface area contributed by atoms with Crippen molar-refractivity contribution in [2.45, 2.75) is 6.54 Å². The fraction of sp³-hybridized carbons (Fsp3) is 0.250. The summed E-state index contributed by atoms with van der Waals surface area (Å²) in [7, 11) is 1.60. The molecule has 68 valence electrons. The maximum atomic E-state index is 6.40. The van der Waals surface area contributed by atoms with E-state index in [-0.39, 0.29) is 0 Å². The Bertz CT molecular complexity index is 311. The van der Waals surface area contributed by atoms with Crippen molar-refractivity contribution in [2.75, 3.05) is 7.11 Å². The maximum Gasteiger partial charge on any atom is 0.123 e. The van der Waals surface area contributed by atoms with Crippen molar-refractivity contribution in [1.82, 2.24) is 0 Å². The lowest BCUT2D eigenvalue weighted by molar-refractivity contribution is 0.409. The predicted molar refractivity (Wildman–Crippen MR) is 46.7 cm³/mol. The Hall–Kier alpha value is -1.78. The Morgan fingerprint density at radius 2 is 2.15 bits per heavy atom. The Morgan fingerprint density at radius 3 is 2.85 bits per heavy atom. The molecular formula is C8H10N4O. The highest BCUT2D eigenvalue weighted by Gasteiger charge is 1.98. The van der Waals surface area contributed by atoms with Crippen molar-refractivity contribution in [2.24, 2.45) is 15.6 Å². The Labute approximate surface area is 75.9 Å². The third-order valence-corrected chi connectivity index (χ3v) is 1.54. The molecule has 0 spiro atoms. The summed E-state index contributed by atoms with van der Waals surface area (Å²) in [5, 5.41) is 9.64. The molecule has 1 rings (SSSR count). The second kappa shape index (κ2) is 4.97. The van der Waals surface area contributed by atoms with Crippen LogP contribution in [0, 0.1) is 5.53 Å². The van der Waals surface area contributed by atoms with E-state index in [0.717, 1.165) is 11.3 Å². The number of hydrogen-bond donors (Lipinski definition) is 1. The molecule has 1 aromatic rings. The molecule has 0 radical (unpaired) electrons. The molecule has 0 aliphatic carbocycles. The second-order valence-corrected chi connectivity index (χ2v) is 2.30. The molecule has 0 unspecified atom stereocenters. The van der Waals surface area contributed by atoms with Gasteiger partial charge in [0.05, 0.1) is 13.7 Å². The average Bonchev–Trinajstić information content (AvgIpc) is 2.19. The van der Waals surface area contributed by atoms with E-state index < -0.39 is 0 Å². The zero-order chi connectivity index (χ0) is 9.52. The van der Waals surface area contributed by atoms with Gasteiger partial charge in [0, 0.05) is 5.56 Å². The molecule has 0 saturated carbocycles. The lowest BCUT2D eigenvalue weighted by Gasteiger charge is -2.03. The van der Waals surface area contributed by atoms with Crippen LogP contribution in [0.3, 0.4) is 0 Å². The maximum absolute atomic E-state index is 6.40. The summed E-state index contributed by atoms with van der Waals surface area (Å²) in [6.45, 7) is 0.381. The van der Waals surface area contributed by atoms with Crippen LogP contribution in [0.5, 0.6) is 5.75 Å². The molecule has 5 nitrogen and oxygen atoms in total. The minimum Gasteiger partial charge on any atom is -0.496 e. The minimum absolute atomic E-state index is 0.381. The number of nitrogens with one attached hydrogen (secondary N) is 1. The van der Waals surface area contributed by atoms with Crippen molar-refractivity contribution >= 4 is 0 Å². The zero-order valence-corrected chi connectivity index (χ0v) is 7.27. The molecular weight excluding hydrogens is 168 g/mol. The number of rotatable bonds is 4. The summed E-state index contributed by atoms with van der Waals surface area (Å²) in [6, 6.07) is 7.52. The van der Waals surface area contributed by atoms with E-state index in [9.17, 15) is 0 Å². The van der Waals surface area contributed by atoms with E-state index in [1.807, 2.05) is 24.3 Å². The smallest absolute Gasteiger partial charge is 0.123 e. The number of para-hydroxylation sites is 1. The zero-order valence-electron chi connectivity index (χ0n) is 7.27. The van der Waals surface area contributed by atoms with Crippen molar-refractivity contribution in [3.05, 3.63) is 29.8 Å². The van der Waals surface area contributed by atoms with Gasteiger partial charge in [0.25, 0.3) is 0 Å². The van der Waals surface area contributed by atoms with Crippen LogP contribution in [-0.2, 0) is 6.54 Å². The lowest BCUT2D eigenvalue weighted by atomic mass is 10.2. The highest BCUT2D eigenvalue weighted by Crippen LogP contribution is 2.17. The van der Waals surface area contributed by atoms with Gasteiger partial charge in [-0.05, 0) is 16.5 Å². The summed E-state index contributed by atoms with van der Waals surface area (Å²) >= 11 is 0. The van der Waals surface area contributed by atoms with E-state index >= 15 is 0 Å². The summed E-state index contributed by atoms with van der Waals surface area (Å²) in [4.78, 5) is 0. The van der Waals surface area contributed by atoms with Gasteiger partial charge in [0.1, 0.15) is 5.75 Å². The van der Waals surface area contributed by atoms with Gasteiger partial charge in [0.15, 0.2) is 0 Å². The van der Waals surface area contributed by atoms with Crippen molar-refractivity contribution in [3.8, 4) is 5.75 Å². The molecule has 0 bridgehead atoms. The van der Waals surface area contributed by atoms with Gasteiger partial charge in [-0.2, -0.15) is 10.6 Å². The molecule has 0 aromatic heterocycles. The molecule has 5 heteroatoms. The largest absolute Gasteiger partial charge is 0.496 e. The molecule has 0 atom stereocenters. The third kappa shape index (κ3) is 2.62. The molecule has 0 amide bonds. The number of nitrogens with zero attached hydrogens (tertiary/aromatic N) is 3. The van der Waals surface area contributed by atoms with Crippen molar-refractivity contribution in [1.29, 1.82) is 5.53 Å². The topological polar surface area (TPSA) is 70.2 Å². The first-order chi connectivity index (χ1) is 6.38. The molecule has 0 heterocycles. The third-order valence-electron chi connectivity index (χ3n) is 1.54. The van der Waals surface area contributed by atoms with E-state index in [4.69, 9.17) is 10.3 Å². The quantitative estimate of drug-likeness (QED) is 0.558. The fourth-order valence-corrected chi connectivity index (χ4v) is 0.973. The van der Waals surface area contributed by atoms with Gasteiger partial charge < -0.3 is 4.74 Å². The average molecular weight is 178 g/mol. The first-order valence-corrected chi connectivity index (χ1v) is 3.73. The highest BCUT2D eigenvalue weighted by molar-refractivity contribution is 5.32. The summed E-state index contributed by atoms with van der Waals surface area (Å²) in [5.74, 6) is 0.770. The second-order valence-electron chi connectivity index (χ2n) is 2.30. The van der Waals surface area contributed by atoms with E-state index in [2.05, 4.69) is 15.6 Å². The summed E-state index contributed by atoms with van der Waals surface area (Å²) in [6.07, 6.45) is 0. The van der Waals surface area contributed by atoms with Crippen LogP contribution in [0.4, 0.5) is 0 Å². The standard InChI is InChI=1S/C8H10N4O/c1-13-8-5-3-2-4-7(8)6-10-12-11-9/h2-5,9H,6H2,1H3. The van der Waals surface area contributed by atoms with Crippen LogP contribution >= 0.6 is 0 Å². The Kier molecular flexibility index (Phi) is 3.56. The number of hydrogen-bond acceptors (Lipinski definition) is 3. The van der Waals surface area contributed by atoms with Gasteiger partial charge in [-0.15, -0.1) is 0 Å². The monoisotopic (exact) mass is 178 g/mol. The van der Waals surface area contributed by atoms with Gasteiger partial charge in [-0.1, -0.05) is 18.2 Å². The molecule has 0 saturated heterocycles. The van der Waals surface area contributed by atoms with Crippen molar-refractivity contribution in [3.63, 3.8) is 0 Å². The molecule has 0 fully saturated rings. The fourth-order valence-electron chi connectivity index (χ4n) is 0.973. The van der Waals surface area contributed by atoms with Gasteiger partial charge in [0.2, 0.25) is 0 Å². The van der Waals surface area contributed by atoms with Crippen LogP contribution in [0.25, 0.3) is 0 Å². The molecule has 0 aliphatic rings. The number of methoxy groups -OCH3 is 1. The Balaban J connectivity index is 2.74. The van der Waals surface area contributed by atoms with Crippen LogP contribution in [0.2, 0.25) is 0 Å². The van der Waals surface area contributed by atoms with Crippen LogP contribution < -0.4 is 4.74 Å². The number of ether oxygens (including phenoxy) is 1. The van der Waals surface area contributed by atoms with Crippen LogP contribution in [0.15, 0.2) is 39.8 Å². The first-order valence-electron chi connectivity index (χ1n) is 3.73. The van der Waals surface area contributed by atoms with Gasteiger partial charge >= 0.3 is 0 Å². The molecule has 1 aromatic carbocycles. The minimum atomic E-state index is 0.381. The van der Waals surface area contributed by atoms with E-state index in [1.165, 1.54) is 0 Å². The lowest BCUT2D eigenvalue weighted by Crippen LogP contribution is -1.89. The first kappa shape index (κ1) is 9.31. The predicted octanol–water partition coefficient (Wildman–Crippen LogP) is 2.59. The Morgan fingerprint density at radius 1 is 1.38 bits per heavy atom. The molecule has 1 N–H and O–H groups in total. The molecule has 13 heavy (non-hydrogen) atoms. The van der Waals surface area contributed by atoms with Crippen molar-refractivity contribution < 1.29 is 4.74 Å².